The van der Waals surface area contributed by atoms with Crippen LogP contribution in [0.3, 0.4) is 0 Å². The molecule has 8 heteroatoms. The molecule has 0 spiro atoms. The Morgan fingerprint density at radius 3 is 2.57 bits per heavy atom. The summed E-state index contributed by atoms with van der Waals surface area (Å²) in [6, 6.07) is 0.568. The normalized spacial score (nSPS) is 22.2. The van der Waals surface area contributed by atoms with Gasteiger partial charge in [-0.2, -0.15) is 4.37 Å². The standard InChI is InChI=1S/C20H36N6OS/c1-15(2)18(27)25-11-9-24(10-12-25)14-17-22-19(28-23-17)21-13-16-7-6-8-26(16)20(3,4)5/h15-16H,6-14H2,1-5H3,(H,21,22,23)/t16-/m0/s1. The van der Waals surface area contributed by atoms with Crippen molar-refractivity contribution < 1.29 is 4.79 Å². The molecular weight excluding hydrogens is 372 g/mol. The molecule has 0 bridgehead atoms. The smallest absolute Gasteiger partial charge is 0.225 e. The molecule has 1 aromatic rings. The van der Waals surface area contributed by atoms with Gasteiger partial charge in [0.25, 0.3) is 0 Å². The van der Waals surface area contributed by atoms with Crippen LogP contribution in [0.5, 0.6) is 0 Å². The van der Waals surface area contributed by atoms with Crippen LogP contribution >= 0.6 is 11.5 Å². The summed E-state index contributed by atoms with van der Waals surface area (Å²) in [6.45, 7) is 17.1. The molecule has 0 aromatic carbocycles. The largest absolute Gasteiger partial charge is 0.359 e. The quantitative estimate of drug-likeness (QED) is 0.780. The van der Waals surface area contributed by atoms with E-state index in [1.165, 1.54) is 30.9 Å². The minimum atomic E-state index is 0.0782. The fourth-order valence-electron chi connectivity index (χ4n) is 4.22. The number of rotatable bonds is 6. The third-order valence-electron chi connectivity index (χ3n) is 5.74. The van der Waals surface area contributed by atoms with E-state index >= 15 is 0 Å². The van der Waals surface area contributed by atoms with Gasteiger partial charge in [-0.25, -0.2) is 4.98 Å². The highest BCUT2D eigenvalue weighted by Gasteiger charge is 2.32. The predicted molar refractivity (Wildman–Crippen MR) is 115 cm³/mol. The first kappa shape index (κ1) is 21.5. The Bertz CT molecular complexity index is 647. The van der Waals surface area contributed by atoms with Gasteiger partial charge in [0.15, 0.2) is 5.82 Å². The van der Waals surface area contributed by atoms with Crippen molar-refractivity contribution in [2.45, 2.75) is 65.6 Å². The van der Waals surface area contributed by atoms with Crippen molar-refractivity contribution >= 4 is 22.6 Å². The summed E-state index contributed by atoms with van der Waals surface area (Å²) in [5, 5.41) is 4.43. The van der Waals surface area contributed by atoms with Gasteiger partial charge in [0.2, 0.25) is 11.0 Å². The predicted octanol–water partition coefficient (Wildman–Crippen LogP) is 2.51. The molecule has 0 saturated carbocycles. The average molecular weight is 409 g/mol. The van der Waals surface area contributed by atoms with E-state index in [-0.39, 0.29) is 17.4 Å². The summed E-state index contributed by atoms with van der Waals surface area (Å²) < 4.78 is 4.54. The first-order valence-electron chi connectivity index (χ1n) is 10.6. The number of hydrogen-bond acceptors (Lipinski definition) is 7. The number of aromatic nitrogens is 2. The summed E-state index contributed by atoms with van der Waals surface area (Å²) in [5.41, 5.74) is 0.217. The van der Waals surface area contributed by atoms with Crippen LogP contribution in [0.1, 0.15) is 53.3 Å². The average Bonchev–Trinajstić information content (AvgIpc) is 3.28. The number of hydrogen-bond donors (Lipinski definition) is 1. The van der Waals surface area contributed by atoms with Crippen LogP contribution in [0, 0.1) is 5.92 Å². The number of carbonyl (C=O) groups excluding carboxylic acids is 1. The van der Waals surface area contributed by atoms with Crippen LogP contribution < -0.4 is 5.32 Å². The maximum Gasteiger partial charge on any atom is 0.225 e. The van der Waals surface area contributed by atoms with Gasteiger partial charge in [0, 0.05) is 61.8 Å². The highest BCUT2D eigenvalue weighted by atomic mass is 32.1. The monoisotopic (exact) mass is 408 g/mol. The fraction of sp³-hybridized carbons (Fsp3) is 0.850. The highest BCUT2D eigenvalue weighted by molar-refractivity contribution is 7.09. The van der Waals surface area contributed by atoms with Crippen LogP contribution in [0.2, 0.25) is 0 Å². The van der Waals surface area contributed by atoms with Gasteiger partial charge in [0.1, 0.15) is 0 Å². The molecule has 2 aliphatic rings. The van der Waals surface area contributed by atoms with Crippen molar-refractivity contribution in [1.29, 1.82) is 0 Å². The molecule has 2 fully saturated rings. The summed E-state index contributed by atoms with van der Waals surface area (Å²) in [6.07, 6.45) is 2.52. The topological polar surface area (TPSA) is 64.6 Å². The fourth-order valence-corrected chi connectivity index (χ4v) is 4.80. The lowest BCUT2D eigenvalue weighted by Crippen LogP contribution is -2.49. The van der Waals surface area contributed by atoms with E-state index in [9.17, 15) is 4.79 Å². The number of anilines is 1. The van der Waals surface area contributed by atoms with Gasteiger partial charge in [0.05, 0.1) is 6.54 Å². The van der Waals surface area contributed by atoms with Crippen LogP contribution in [-0.2, 0) is 11.3 Å². The Kier molecular flexibility index (Phi) is 6.94. The lowest BCUT2D eigenvalue weighted by molar-refractivity contribution is -0.136. The van der Waals surface area contributed by atoms with Crippen molar-refractivity contribution in [3.8, 4) is 0 Å². The van der Waals surface area contributed by atoms with E-state index in [1.54, 1.807) is 0 Å². The minimum absolute atomic E-state index is 0.0782. The zero-order valence-corrected chi connectivity index (χ0v) is 18.9. The third-order valence-corrected chi connectivity index (χ3v) is 6.45. The molecule has 0 aliphatic carbocycles. The Labute approximate surface area is 173 Å². The molecule has 0 unspecified atom stereocenters. The maximum absolute atomic E-state index is 12.1. The molecule has 3 heterocycles. The summed E-state index contributed by atoms with van der Waals surface area (Å²) in [7, 11) is 0. The number of amides is 1. The molecular formula is C20H36N6OS. The zero-order valence-electron chi connectivity index (χ0n) is 18.1. The molecule has 1 atom stereocenters. The second-order valence-electron chi connectivity index (χ2n) is 9.31. The van der Waals surface area contributed by atoms with E-state index in [0.29, 0.717) is 6.04 Å². The molecule has 158 valence electrons. The van der Waals surface area contributed by atoms with E-state index in [2.05, 4.69) is 40.3 Å². The SMILES string of the molecule is CC(C)C(=O)N1CCN(Cc2nsc(NC[C@@H]3CCCN3C(C)(C)C)n2)CC1. The van der Waals surface area contributed by atoms with Gasteiger partial charge in [-0.05, 0) is 40.2 Å². The van der Waals surface area contributed by atoms with Crippen LogP contribution in [0.15, 0.2) is 0 Å². The van der Waals surface area contributed by atoms with Crippen LogP contribution in [0.25, 0.3) is 0 Å². The molecule has 28 heavy (non-hydrogen) atoms. The van der Waals surface area contributed by atoms with Crippen LogP contribution in [0.4, 0.5) is 5.13 Å². The molecule has 2 saturated heterocycles. The van der Waals surface area contributed by atoms with E-state index in [0.717, 1.165) is 50.2 Å². The summed E-state index contributed by atoms with van der Waals surface area (Å²) in [5.74, 6) is 1.22. The van der Waals surface area contributed by atoms with Crippen LogP contribution in [-0.4, -0.2) is 80.8 Å². The summed E-state index contributed by atoms with van der Waals surface area (Å²) in [4.78, 5) is 23.7. The van der Waals surface area contributed by atoms with Gasteiger partial charge < -0.3 is 10.2 Å². The molecule has 3 rings (SSSR count). The van der Waals surface area contributed by atoms with Crippen molar-refractivity contribution in [2.75, 3.05) is 44.6 Å². The lowest BCUT2D eigenvalue weighted by atomic mass is 10.0. The molecule has 2 aliphatic heterocycles. The number of nitrogens with zero attached hydrogens (tertiary/aromatic N) is 5. The number of piperazine rings is 1. The van der Waals surface area contributed by atoms with E-state index in [4.69, 9.17) is 4.98 Å². The molecule has 7 nitrogen and oxygen atoms in total. The van der Waals surface area contributed by atoms with Gasteiger partial charge in [-0.1, -0.05) is 13.8 Å². The lowest BCUT2D eigenvalue weighted by Gasteiger charge is -2.37. The first-order chi connectivity index (χ1) is 13.2. The molecule has 1 aromatic heterocycles. The number of nitrogens with one attached hydrogen (secondary N) is 1. The Morgan fingerprint density at radius 2 is 1.93 bits per heavy atom. The molecule has 1 amide bonds. The second-order valence-corrected chi connectivity index (χ2v) is 10.1. The van der Waals surface area contributed by atoms with E-state index < -0.39 is 0 Å². The third kappa shape index (κ3) is 5.42. The zero-order chi connectivity index (χ0) is 20.3. The first-order valence-corrected chi connectivity index (χ1v) is 11.4. The number of likely N-dealkylation sites (tertiary alicyclic amines) is 1. The molecule has 0 radical (unpaired) electrons. The highest BCUT2D eigenvalue weighted by Crippen LogP contribution is 2.26. The second kappa shape index (κ2) is 9.05. The van der Waals surface area contributed by atoms with Crippen molar-refractivity contribution in [1.82, 2.24) is 24.1 Å². The van der Waals surface area contributed by atoms with Crippen molar-refractivity contribution in [3.05, 3.63) is 5.82 Å². The molecule has 1 N–H and O–H groups in total. The van der Waals surface area contributed by atoms with Gasteiger partial charge >= 0.3 is 0 Å². The van der Waals surface area contributed by atoms with Crippen molar-refractivity contribution in [3.63, 3.8) is 0 Å². The Hall–Kier alpha value is -1.25. The summed E-state index contributed by atoms with van der Waals surface area (Å²) >= 11 is 1.46. The number of carbonyl (C=O) groups is 1. The maximum atomic E-state index is 12.1. The Balaban J connectivity index is 1.44. The minimum Gasteiger partial charge on any atom is -0.359 e. The Morgan fingerprint density at radius 1 is 1.21 bits per heavy atom. The van der Waals surface area contributed by atoms with Gasteiger partial charge in [-0.3, -0.25) is 14.6 Å². The van der Waals surface area contributed by atoms with E-state index in [1.807, 2.05) is 18.7 Å². The van der Waals surface area contributed by atoms with Crippen molar-refractivity contribution in [2.24, 2.45) is 5.92 Å². The van der Waals surface area contributed by atoms with Gasteiger partial charge in [-0.15, -0.1) is 0 Å².